The van der Waals surface area contributed by atoms with E-state index < -0.39 is 5.97 Å². The third-order valence-corrected chi connectivity index (χ3v) is 4.22. The van der Waals surface area contributed by atoms with Gasteiger partial charge in [0.1, 0.15) is 5.69 Å². The van der Waals surface area contributed by atoms with Crippen molar-refractivity contribution < 1.29 is 23.9 Å². The molecule has 1 aliphatic rings. The standard InChI is InChI=1S/C18H17NO5/c1-4-19-12(9-23-2)13(18(22)24-3)14-15(19)17(21)11-8-6-5-7-10(11)16(14)20/h5-8H,4,9H2,1-3H3. The smallest absolute Gasteiger partial charge is 0.340 e. The first-order valence-corrected chi connectivity index (χ1v) is 7.57. The van der Waals surface area contributed by atoms with Crippen molar-refractivity contribution in [2.75, 3.05) is 14.2 Å². The van der Waals surface area contributed by atoms with Crippen molar-refractivity contribution in [1.29, 1.82) is 0 Å². The van der Waals surface area contributed by atoms with E-state index in [4.69, 9.17) is 9.47 Å². The fourth-order valence-electron chi connectivity index (χ4n) is 3.22. The normalized spacial score (nSPS) is 12.8. The molecular formula is C18H17NO5. The summed E-state index contributed by atoms with van der Waals surface area (Å²) in [6.07, 6.45) is 0. The fraction of sp³-hybridized carbons (Fsp3) is 0.278. The Morgan fingerprint density at radius 3 is 2.25 bits per heavy atom. The Morgan fingerprint density at radius 2 is 1.71 bits per heavy atom. The van der Waals surface area contributed by atoms with E-state index >= 15 is 0 Å². The highest BCUT2D eigenvalue weighted by Crippen LogP contribution is 2.34. The number of ketones is 2. The van der Waals surface area contributed by atoms with Crippen molar-refractivity contribution in [1.82, 2.24) is 4.57 Å². The SMILES string of the molecule is CCn1c(COC)c(C(=O)OC)c2c1C(=O)c1ccccc1C2=O. The van der Waals surface area contributed by atoms with E-state index in [0.29, 0.717) is 23.4 Å². The first-order valence-electron chi connectivity index (χ1n) is 7.57. The number of rotatable bonds is 4. The average Bonchev–Trinajstić information content (AvgIpc) is 2.93. The molecule has 1 aliphatic carbocycles. The van der Waals surface area contributed by atoms with E-state index in [1.165, 1.54) is 14.2 Å². The lowest BCUT2D eigenvalue weighted by Gasteiger charge is -2.17. The summed E-state index contributed by atoms with van der Waals surface area (Å²) in [6, 6.07) is 6.63. The average molecular weight is 327 g/mol. The van der Waals surface area contributed by atoms with Crippen LogP contribution in [0.3, 0.4) is 0 Å². The first kappa shape index (κ1) is 16.1. The van der Waals surface area contributed by atoms with Gasteiger partial charge in [0.2, 0.25) is 5.78 Å². The molecule has 1 heterocycles. The molecule has 0 aliphatic heterocycles. The number of ether oxygens (including phenoxy) is 2. The van der Waals surface area contributed by atoms with Crippen molar-refractivity contribution in [3.63, 3.8) is 0 Å². The number of fused-ring (bicyclic) bond motifs is 2. The van der Waals surface area contributed by atoms with Crippen LogP contribution in [0.15, 0.2) is 24.3 Å². The van der Waals surface area contributed by atoms with Gasteiger partial charge in [-0.1, -0.05) is 24.3 Å². The third-order valence-electron chi connectivity index (χ3n) is 4.22. The number of nitrogens with zero attached hydrogens (tertiary/aromatic N) is 1. The van der Waals surface area contributed by atoms with E-state index in [1.807, 2.05) is 6.92 Å². The minimum atomic E-state index is -0.647. The number of aromatic nitrogens is 1. The number of methoxy groups -OCH3 is 2. The summed E-state index contributed by atoms with van der Waals surface area (Å²) >= 11 is 0. The molecule has 24 heavy (non-hydrogen) atoms. The molecule has 0 atom stereocenters. The van der Waals surface area contributed by atoms with Crippen LogP contribution in [0, 0.1) is 0 Å². The van der Waals surface area contributed by atoms with Gasteiger partial charge in [0, 0.05) is 24.8 Å². The molecule has 1 aromatic carbocycles. The Bertz CT molecular complexity index is 863. The zero-order chi connectivity index (χ0) is 17.4. The van der Waals surface area contributed by atoms with E-state index in [9.17, 15) is 14.4 Å². The zero-order valence-electron chi connectivity index (χ0n) is 13.7. The molecule has 0 radical (unpaired) electrons. The van der Waals surface area contributed by atoms with Crippen LogP contribution in [-0.4, -0.2) is 36.3 Å². The summed E-state index contributed by atoms with van der Waals surface area (Å²) in [6.45, 7) is 2.38. The predicted molar refractivity (Wildman–Crippen MR) is 85.5 cm³/mol. The molecule has 2 aromatic rings. The van der Waals surface area contributed by atoms with Crippen molar-refractivity contribution in [2.45, 2.75) is 20.1 Å². The summed E-state index contributed by atoms with van der Waals surface area (Å²) in [4.78, 5) is 38.2. The summed E-state index contributed by atoms with van der Waals surface area (Å²) in [5.74, 6) is -1.26. The maximum atomic E-state index is 13.0. The highest BCUT2D eigenvalue weighted by molar-refractivity contribution is 6.30. The Labute approximate surface area is 139 Å². The second-order valence-corrected chi connectivity index (χ2v) is 5.42. The molecule has 6 nitrogen and oxygen atoms in total. The molecule has 0 fully saturated rings. The summed E-state index contributed by atoms with van der Waals surface area (Å²) in [7, 11) is 2.74. The molecule has 3 rings (SSSR count). The van der Waals surface area contributed by atoms with Crippen LogP contribution < -0.4 is 0 Å². The molecule has 0 N–H and O–H groups in total. The molecule has 0 bridgehead atoms. The molecule has 6 heteroatoms. The highest BCUT2D eigenvalue weighted by atomic mass is 16.5. The zero-order valence-corrected chi connectivity index (χ0v) is 13.7. The Kier molecular flexibility index (Phi) is 4.07. The first-order chi connectivity index (χ1) is 11.6. The highest BCUT2D eigenvalue weighted by Gasteiger charge is 2.39. The van der Waals surface area contributed by atoms with Crippen molar-refractivity contribution in [3.8, 4) is 0 Å². The maximum absolute atomic E-state index is 13.0. The lowest BCUT2D eigenvalue weighted by molar-refractivity contribution is 0.0592. The summed E-state index contributed by atoms with van der Waals surface area (Å²) < 4.78 is 11.7. The van der Waals surface area contributed by atoms with Gasteiger partial charge in [-0.05, 0) is 6.92 Å². The van der Waals surface area contributed by atoms with Crippen molar-refractivity contribution in [2.24, 2.45) is 0 Å². The minimum Gasteiger partial charge on any atom is -0.465 e. The summed E-state index contributed by atoms with van der Waals surface area (Å²) in [5, 5.41) is 0. The number of benzene rings is 1. The fourth-order valence-corrected chi connectivity index (χ4v) is 3.22. The lowest BCUT2D eigenvalue weighted by atomic mass is 9.86. The van der Waals surface area contributed by atoms with E-state index in [1.54, 1.807) is 28.8 Å². The van der Waals surface area contributed by atoms with Crippen LogP contribution in [-0.2, 0) is 22.6 Å². The predicted octanol–water partition coefficient (Wildman–Crippen LogP) is 2.22. The number of carbonyl (C=O) groups is 3. The Balaban J connectivity index is 2.39. The summed E-state index contributed by atoms with van der Waals surface area (Å²) in [5.41, 5.74) is 1.59. The van der Waals surface area contributed by atoms with Gasteiger partial charge in [0.25, 0.3) is 0 Å². The van der Waals surface area contributed by atoms with Crippen LogP contribution in [0.2, 0.25) is 0 Å². The molecule has 0 spiro atoms. The molecule has 0 saturated carbocycles. The van der Waals surface area contributed by atoms with Crippen molar-refractivity contribution >= 4 is 17.5 Å². The van der Waals surface area contributed by atoms with E-state index in [-0.39, 0.29) is 35.0 Å². The van der Waals surface area contributed by atoms with Gasteiger partial charge in [0.15, 0.2) is 5.78 Å². The Hall–Kier alpha value is -2.73. The molecule has 0 unspecified atom stereocenters. The molecule has 124 valence electrons. The monoisotopic (exact) mass is 327 g/mol. The molecule has 0 saturated heterocycles. The maximum Gasteiger partial charge on any atom is 0.340 e. The number of esters is 1. The molecule has 1 aromatic heterocycles. The van der Waals surface area contributed by atoms with Gasteiger partial charge in [-0.2, -0.15) is 0 Å². The third kappa shape index (κ3) is 2.11. The van der Waals surface area contributed by atoms with Gasteiger partial charge in [-0.25, -0.2) is 4.79 Å². The van der Waals surface area contributed by atoms with Crippen LogP contribution in [0.25, 0.3) is 0 Å². The molecular weight excluding hydrogens is 310 g/mol. The van der Waals surface area contributed by atoms with Crippen LogP contribution >= 0.6 is 0 Å². The quantitative estimate of drug-likeness (QED) is 0.687. The van der Waals surface area contributed by atoms with Crippen LogP contribution in [0.5, 0.6) is 0 Å². The second kappa shape index (κ2) is 6.05. The topological polar surface area (TPSA) is 74.6 Å². The van der Waals surface area contributed by atoms with Crippen LogP contribution in [0.1, 0.15) is 54.9 Å². The van der Waals surface area contributed by atoms with Crippen LogP contribution in [0.4, 0.5) is 0 Å². The van der Waals surface area contributed by atoms with E-state index in [0.717, 1.165) is 0 Å². The molecule has 0 amide bonds. The van der Waals surface area contributed by atoms with Gasteiger partial charge >= 0.3 is 5.97 Å². The van der Waals surface area contributed by atoms with Gasteiger partial charge in [-0.15, -0.1) is 0 Å². The number of hydrogen-bond acceptors (Lipinski definition) is 5. The van der Waals surface area contributed by atoms with E-state index in [2.05, 4.69) is 0 Å². The van der Waals surface area contributed by atoms with Gasteiger partial charge in [0.05, 0.1) is 30.5 Å². The second-order valence-electron chi connectivity index (χ2n) is 5.42. The number of hydrogen-bond donors (Lipinski definition) is 0. The largest absolute Gasteiger partial charge is 0.465 e. The van der Waals surface area contributed by atoms with Gasteiger partial charge < -0.3 is 14.0 Å². The minimum absolute atomic E-state index is 0.0994. The number of carbonyl (C=O) groups excluding carboxylic acids is 3. The Morgan fingerprint density at radius 1 is 1.08 bits per heavy atom. The van der Waals surface area contributed by atoms with Crippen molar-refractivity contribution in [3.05, 3.63) is 57.9 Å². The van der Waals surface area contributed by atoms with Gasteiger partial charge in [-0.3, -0.25) is 9.59 Å². The lowest BCUT2D eigenvalue weighted by Crippen LogP contribution is -2.23.